The first kappa shape index (κ1) is 27.3. The first-order chi connectivity index (χ1) is 18.8. The number of nitrogens with two attached hydrogens (primary N) is 2. The van der Waals surface area contributed by atoms with E-state index in [1.165, 1.54) is 5.56 Å². The molecule has 0 fully saturated rings. The molecule has 4 N–H and O–H groups in total. The lowest BCUT2D eigenvalue weighted by atomic mass is 10.1. The van der Waals surface area contributed by atoms with E-state index >= 15 is 0 Å². The second-order valence-electron chi connectivity index (χ2n) is 8.64. The molecule has 0 aromatic heterocycles. The van der Waals surface area contributed by atoms with E-state index in [9.17, 15) is 0 Å². The zero-order valence-corrected chi connectivity index (χ0v) is 21.6. The lowest BCUT2D eigenvalue weighted by Crippen LogP contribution is -2.22. The Morgan fingerprint density at radius 3 is 1.34 bits per heavy atom. The molecular formula is C31H36N4O3. The van der Waals surface area contributed by atoms with E-state index in [0.717, 1.165) is 34.7 Å². The van der Waals surface area contributed by atoms with Gasteiger partial charge < -0.3 is 16.2 Å². The summed E-state index contributed by atoms with van der Waals surface area (Å²) in [5, 5.41) is 3.62. The molecule has 4 aromatic rings. The Hall–Kier alpha value is -3.72. The van der Waals surface area contributed by atoms with Crippen molar-refractivity contribution >= 4 is 22.7 Å². The fourth-order valence-electron chi connectivity index (χ4n) is 3.92. The van der Waals surface area contributed by atoms with Gasteiger partial charge in [-0.05, 0) is 66.1 Å². The summed E-state index contributed by atoms with van der Waals surface area (Å²) >= 11 is 0. The van der Waals surface area contributed by atoms with E-state index in [-0.39, 0.29) is 0 Å². The fourth-order valence-corrected chi connectivity index (χ4v) is 3.92. The molecular weight excluding hydrogens is 476 g/mol. The molecule has 0 amide bonds. The molecule has 0 atom stereocenters. The Balaban J connectivity index is 1.28. The normalized spacial score (nSPS) is 10.9. The summed E-state index contributed by atoms with van der Waals surface area (Å²) in [5.41, 5.74) is 17.4. The summed E-state index contributed by atoms with van der Waals surface area (Å²) in [6.07, 6.45) is 0.821. The molecule has 0 radical (unpaired) electrons. The first-order valence-electron chi connectivity index (χ1n) is 12.9. The molecule has 0 saturated heterocycles. The van der Waals surface area contributed by atoms with Crippen molar-refractivity contribution in [3.05, 3.63) is 120 Å². The Labute approximate surface area is 225 Å². The highest BCUT2D eigenvalue weighted by molar-refractivity contribution is 5.61. The van der Waals surface area contributed by atoms with E-state index in [1.54, 1.807) is 5.06 Å². The highest BCUT2D eigenvalue weighted by Crippen LogP contribution is 2.27. The molecule has 0 unspecified atom stereocenters. The summed E-state index contributed by atoms with van der Waals surface area (Å²) in [5.74, 6) is 0. The Kier molecular flexibility index (Phi) is 10.7. The van der Waals surface area contributed by atoms with Crippen LogP contribution in [0.15, 0.2) is 109 Å². The summed E-state index contributed by atoms with van der Waals surface area (Å²) in [6.45, 7) is 2.95. The highest BCUT2D eigenvalue weighted by Gasteiger charge is 2.11. The van der Waals surface area contributed by atoms with Crippen LogP contribution in [0.25, 0.3) is 0 Å². The van der Waals surface area contributed by atoms with Crippen LogP contribution in [0, 0.1) is 0 Å². The number of nitrogens with zero attached hydrogens (tertiary/aromatic N) is 2. The Morgan fingerprint density at radius 1 is 0.474 bits per heavy atom. The zero-order chi connectivity index (χ0) is 26.4. The van der Waals surface area contributed by atoms with Gasteiger partial charge in [-0.1, -0.05) is 60.7 Å². The molecule has 0 heterocycles. The molecule has 0 aliphatic heterocycles. The third-order valence-corrected chi connectivity index (χ3v) is 5.80. The molecule has 7 heteroatoms. The highest BCUT2D eigenvalue weighted by atomic mass is 16.7. The van der Waals surface area contributed by atoms with Crippen LogP contribution in [0.2, 0.25) is 0 Å². The Morgan fingerprint density at radius 2 is 0.895 bits per heavy atom. The number of benzene rings is 4. The maximum Gasteiger partial charge on any atom is 0.0875 e. The van der Waals surface area contributed by atoms with Gasteiger partial charge in [-0.3, -0.25) is 9.68 Å². The van der Waals surface area contributed by atoms with Crippen LogP contribution in [0.3, 0.4) is 0 Å². The minimum absolute atomic E-state index is 0.436. The van der Waals surface area contributed by atoms with Crippen LogP contribution in [-0.4, -0.2) is 32.9 Å². The quantitative estimate of drug-likeness (QED) is 0.161. The van der Waals surface area contributed by atoms with Crippen molar-refractivity contribution in [3.63, 3.8) is 0 Å². The summed E-state index contributed by atoms with van der Waals surface area (Å²) < 4.78 is 5.96. The zero-order valence-electron chi connectivity index (χ0n) is 21.6. The van der Waals surface area contributed by atoms with Crippen LogP contribution in [-0.2, 0) is 27.4 Å². The van der Waals surface area contributed by atoms with Crippen molar-refractivity contribution in [1.82, 2.24) is 0 Å². The predicted octanol–water partition coefficient (Wildman–Crippen LogP) is 5.50. The first-order valence-corrected chi connectivity index (χ1v) is 12.9. The number of rotatable bonds is 15. The van der Waals surface area contributed by atoms with E-state index in [4.69, 9.17) is 25.9 Å². The van der Waals surface area contributed by atoms with Crippen molar-refractivity contribution in [1.29, 1.82) is 0 Å². The van der Waals surface area contributed by atoms with Gasteiger partial charge in [-0.15, -0.1) is 0 Å². The molecule has 4 rings (SSSR count). The third-order valence-electron chi connectivity index (χ3n) is 5.80. The summed E-state index contributed by atoms with van der Waals surface area (Å²) in [7, 11) is 0. The SMILES string of the molecule is NCCON(c1ccccc1)c1ccc(CCOCc2ccc(N(OCCN)c3ccccc3)cc2)cc1. The van der Waals surface area contributed by atoms with E-state index < -0.39 is 0 Å². The van der Waals surface area contributed by atoms with E-state index in [0.29, 0.717) is 39.5 Å². The standard InChI is InChI=1S/C31H36N4O3/c32-20-23-37-34(28-7-3-1-4-8-28)30-15-11-26(12-16-30)19-22-36-25-27-13-17-31(18-14-27)35(38-24-21-33)29-9-5-2-6-10-29/h1-18H,19-25,32-33H2. The molecule has 0 spiro atoms. The molecule has 0 aliphatic carbocycles. The summed E-state index contributed by atoms with van der Waals surface area (Å²) in [6, 6.07) is 36.5. The summed E-state index contributed by atoms with van der Waals surface area (Å²) in [4.78, 5) is 11.8. The monoisotopic (exact) mass is 512 g/mol. The van der Waals surface area contributed by atoms with Crippen molar-refractivity contribution in [3.8, 4) is 0 Å². The lowest BCUT2D eigenvalue weighted by molar-refractivity contribution is 0.123. The van der Waals surface area contributed by atoms with E-state index in [1.807, 2.05) is 77.9 Å². The molecule has 0 bridgehead atoms. The van der Waals surface area contributed by atoms with Gasteiger partial charge in [0, 0.05) is 13.1 Å². The van der Waals surface area contributed by atoms with Crippen molar-refractivity contribution in [2.24, 2.45) is 11.5 Å². The number of ether oxygens (including phenoxy) is 1. The second kappa shape index (κ2) is 14.9. The number of hydrogen-bond donors (Lipinski definition) is 2. The molecule has 4 aromatic carbocycles. The second-order valence-corrected chi connectivity index (χ2v) is 8.64. The lowest BCUT2D eigenvalue weighted by Gasteiger charge is -2.24. The Bertz CT molecular complexity index is 1090. The van der Waals surface area contributed by atoms with Gasteiger partial charge in [-0.25, -0.2) is 10.1 Å². The molecule has 0 saturated carbocycles. The van der Waals surface area contributed by atoms with Crippen LogP contribution in [0.4, 0.5) is 22.7 Å². The maximum absolute atomic E-state index is 5.96. The maximum atomic E-state index is 5.96. The average Bonchev–Trinajstić information content (AvgIpc) is 2.98. The minimum atomic E-state index is 0.436. The van der Waals surface area contributed by atoms with Crippen LogP contribution < -0.4 is 21.6 Å². The molecule has 198 valence electrons. The largest absolute Gasteiger partial charge is 0.376 e. The number of para-hydroxylation sites is 2. The van der Waals surface area contributed by atoms with Crippen molar-refractivity contribution in [2.75, 3.05) is 43.0 Å². The molecule has 7 nitrogen and oxygen atoms in total. The number of hydrogen-bond acceptors (Lipinski definition) is 7. The smallest absolute Gasteiger partial charge is 0.0875 e. The van der Waals surface area contributed by atoms with Gasteiger partial charge >= 0.3 is 0 Å². The van der Waals surface area contributed by atoms with Gasteiger partial charge in [0.15, 0.2) is 0 Å². The predicted molar refractivity (Wildman–Crippen MR) is 153 cm³/mol. The van der Waals surface area contributed by atoms with Gasteiger partial charge in [-0.2, -0.15) is 0 Å². The third kappa shape index (κ3) is 7.89. The minimum Gasteiger partial charge on any atom is -0.376 e. The van der Waals surface area contributed by atoms with Crippen molar-refractivity contribution in [2.45, 2.75) is 13.0 Å². The molecule has 0 aliphatic rings. The molecule has 38 heavy (non-hydrogen) atoms. The van der Waals surface area contributed by atoms with E-state index in [2.05, 4.69) is 36.4 Å². The fraction of sp³-hybridized carbons (Fsp3) is 0.226. The van der Waals surface area contributed by atoms with Gasteiger partial charge in [0.1, 0.15) is 0 Å². The van der Waals surface area contributed by atoms with Gasteiger partial charge in [0.05, 0.1) is 49.2 Å². The van der Waals surface area contributed by atoms with Crippen molar-refractivity contribution < 1.29 is 14.4 Å². The number of anilines is 4. The van der Waals surface area contributed by atoms with Crippen LogP contribution in [0.1, 0.15) is 11.1 Å². The van der Waals surface area contributed by atoms with Gasteiger partial charge in [0.2, 0.25) is 0 Å². The average molecular weight is 513 g/mol. The van der Waals surface area contributed by atoms with Crippen LogP contribution in [0.5, 0.6) is 0 Å². The topological polar surface area (TPSA) is 86.2 Å². The van der Waals surface area contributed by atoms with Crippen LogP contribution >= 0.6 is 0 Å². The van der Waals surface area contributed by atoms with Gasteiger partial charge in [0.25, 0.3) is 0 Å².